The predicted octanol–water partition coefficient (Wildman–Crippen LogP) is 2.95. The molecule has 1 aromatic carbocycles. The first-order chi connectivity index (χ1) is 10.6. The molecule has 1 fully saturated rings. The third kappa shape index (κ3) is 4.73. The van der Waals surface area contributed by atoms with Gasteiger partial charge < -0.3 is 15.4 Å². The van der Waals surface area contributed by atoms with Crippen molar-refractivity contribution < 1.29 is 9.53 Å². The van der Waals surface area contributed by atoms with Gasteiger partial charge in [-0.3, -0.25) is 4.79 Å². The lowest BCUT2D eigenvalue weighted by Crippen LogP contribution is -2.37. The Balaban J connectivity index is 1.85. The van der Waals surface area contributed by atoms with Gasteiger partial charge in [-0.05, 0) is 43.4 Å². The van der Waals surface area contributed by atoms with E-state index in [-0.39, 0.29) is 11.9 Å². The van der Waals surface area contributed by atoms with Gasteiger partial charge in [-0.1, -0.05) is 25.0 Å². The lowest BCUT2D eigenvalue weighted by atomic mass is 9.83. The molecule has 22 heavy (non-hydrogen) atoms. The molecule has 4 heteroatoms. The molecule has 1 amide bonds. The number of carbonyl (C=O) groups excluding carboxylic acids is 1. The second-order valence-corrected chi connectivity index (χ2v) is 6.24. The number of amides is 1. The Morgan fingerprint density at radius 2 is 1.95 bits per heavy atom. The van der Waals surface area contributed by atoms with Crippen LogP contribution in [0.3, 0.4) is 0 Å². The molecular formula is C18H28N2O2. The number of benzene rings is 1. The van der Waals surface area contributed by atoms with Crippen LogP contribution >= 0.6 is 0 Å². The van der Waals surface area contributed by atoms with Gasteiger partial charge in [0.25, 0.3) is 0 Å². The molecule has 0 heterocycles. The van der Waals surface area contributed by atoms with Crippen molar-refractivity contribution in [3.05, 3.63) is 29.8 Å². The molecule has 2 N–H and O–H groups in total. The number of hydrogen-bond acceptors (Lipinski definition) is 3. The largest absolute Gasteiger partial charge is 0.494 e. The fourth-order valence-electron chi connectivity index (χ4n) is 3.09. The van der Waals surface area contributed by atoms with E-state index in [4.69, 9.17) is 10.5 Å². The zero-order valence-electron chi connectivity index (χ0n) is 13.8. The van der Waals surface area contributed by atoms with E-state index in [2.05, 4.69) is 0 Å². The maximum absolute atomic E-state index is 12.4. The van der Waals surface area contributed by atoms with E-state index in [1.54, 1.807) is 4.90 Å². The van der Waals surface area contributed by atoms with Gasteiger partial charge in [-0.15, -0.1) is 0 Å². The van der Waals surface area contributed by atoms with Gasteiger partial charge in [0.2, 0.25) is 5.91 Å². The normalized spacial score (nSPS) is 21.4. The first-order valence-electron chi connectivity index (χ1n) is 8.31. The molecule has 0 aromatic heterocycles. The van der Waals surface area contributed by atoms with Gasteiger partial charge in [0.15, 0.2) is 0 Å². The zero-order valence-corrected chi connectivity index (χ0v) is 13.8. The summed E-state index contributed by atoms with van der Waals surface area (Å²) in [6, 6.07) is 8.13. The summed E-state index contributed by atoms with van der Waals surface area (Å²) in [5.74, 6) is 1.41. The molecule has 1 aromatic rings. The number of nitrogens with zero attached hydrogens (tertiary/aromatic N) is 1. The second-order valence-electron chi connectivity index (χ2n) is 6.24. The van der Waals surface area contributed by atoms with E-state index in [1.807, 2.05) is 38.2 Å². The topological polar surface area (TPSA) is 55.6 Å². The second kappa shape index (κ2) is 8.18. The summed E-state index contributed by atoms with van der Waals surface area (Å²) in [6.07, 6.45) is 5.13. The number of carbonyl (C=O) groups is 1. The Morgan fingerprint density at radius 3 is 2.59 bits per heavy atom. The highest BCUT2D eigenvalue weighted by Crippen LogP contribution is 2.26. The Kier molecular flexibility index (Phi) is 6.25. The van der Waals surface area contributed by atoms with Crippen molar-refractivity contribution in [1.29, 1.82) is 0 Å². The molecule has 0 bridgehead atoms. The van der Waals surface area contributed by atoms with Crippen LogP contribution < -0.4 is 10.5 Å². The van der Waals surface area contributed by atoms with Crippen LogP contribution in [0.4, 0.5) is 0 Å². The zero-order chi connectivity index (χ0) is 15.9. The minimum absolute atomic E-state index is 0.191. The predicted molar refractivity (Wildman–Crippen MR) is 88.6 cm³/mol. The first-order valence-corrected chi connectivity index (χ1v) is 8.31. The van der Waals surface area contributed by atoms with Crippen molar-refractivity contribution in [2.45, 2.75) is 51.6 Å². The molecule has 2 rings (SSSR count). The number of hydrogen-bond donors (Lipinski definition) is 1. The summed E-state index contributed by atoms with van der Waals surface area (Å²) in [6.45, 7) is 3.27. The van der Waals surface area contributed by atoms with E-state index in [1.165, 1.54) is 12.8 Å². The number of nitrogens with two attached hydrogens (primary N) is 1. The maximum Gasteiger partial charge on any atom is 0.222 e. The molecule has 2 unspecified atom stereocenters. The molecule has 0 spiro atoms. The third-order valence-corrected chi connectivity index (χ3v) is 4.48. The average molecular weight is 304 g/mol. The smallest absolute Gasteiger partial charge is 0.222 e. The molecule has 1 aliphatic carbocycles. The minimum atomic E-state index is 0.191. The quantitative estimate of drug-likeness (QED) is 0.879. The van der Waals surface area contributed by atoms with Crippen LogP contribution in [0.2, 0.25) is 0 Å². The summed E-state index contributed by atoms with van der Waals surface area (Å²) in [4.78, 5) is 14.2. The molecule has 1 aliphatic rings. The Bertz CT molecular complexity index is 472. The summed E-state index contributed by atoms with van der Waals surface area (Å²) in [5, 5.41) is 0. The standard InChI is InChI=1S/C18H28N2O2/c1-3-22-16-10-8-14(9-11-16)13-20(2)18(21)12-15-6-4-5-7-17(15)19/h8-11,15,17H,3-7,12-13,19H2,1-2H3. The van der Waals surface area contributed by atoms with Crippen LogP contribution in [-0.4, -0.2) is 30.5 Å². The van der Waals surface area contributed by atoms with Crippen molar-refractivity contribution >= 4 is 5.91 Å². The summed E-state index contributed by atoms with van der Waals surface area (Å²) in [7, 11) is 1.87. The van der Waals surface area contributed by atoms with E-state index in [9.17, 15) is 4.79 Å². The maximum atomic E-state index is 12.4. The van der Waals surface area contributed by atoms with Crippen molar-refractivity contribution in [2.75, 3.05) is 13.7 Å². The van der Waals surface area contributed by atoms with E-state index in [0.717, 1.165) is 24.2 Å². The first kappa shape index (κ1) is 16.8. The van der Waals surface area contributed by atoms with Crippen LogP contribution in [0.25, 0.3) is 0 Å². The van der Waals surface area contributed by atoms with E-state index < -0.39 is 0 Å². The van der Waals surface area contributed by atoms with Crippen LogP contribution in [0, 0.1) is 5.92 Å². The van der Waals surface area contributed by atoms with E-state index >= 15 is 0 Å². The molecule has 1 saturated carbocycles. The summed E-state index contributed by atoms with van der Waals surface area (Å²) < 4.78 is 5.43. The molecule has 122 valence electrons. The Morgan fingerprint density at radius 1 is 1.27 bits per heavy atom. The van der Waals surface area contributed by atoms with Crippen molar-refractivity contribution in [3.8, 4) is 5.75 Å². The van der Waals surface area contributed by atoms with Crippen LogP contribution in [0.1, 0.15) is 44.6 Å². The third-order valence-electron chi connectivity index (χ3n) is 4.48. The van der Waals surface area contributed by atoms with Gasteiger partial charge in [0.05, 0.1) is 6.61 Å². The monoisotopic (exact) mass is 304 g/mol. The number of ether oxygens (including phenoxy) is 1. The van der Waals surface area contributed by atoms with Crippen molar-refractivity contribution in [2.24, 2.45) is 11.7 Å². The Hall–Kier alpha value is -1.55. The van der Waals surface area contributed by atoms with Gasteiger partial charge in [-0.2, -0.15) is 0 Å². The average Bonchev–Trinajstić information content (AvgIpc) is 2.51. The van der Waals surface area contributed by atoms with Crippen molar-refractivity contribution in [1.82, 2.24) is 4.90 Å². The summed E-state index contributed by atoms with van der Waals surface area (Å²) >= 11 is 0. The molecular weight excluding hydrogens is 276 g/mol. The van der Waals surface area contributed by atoms with Gasteiger partial charge in [-0.25, -0.2) is 0 Å². The highest BCUT2D eigenvalue weighted by atomic mass is 16.5. The highest BCUT2D eigenvalue weighted by molar-refractivity contribution is 5.76. The van der Waals surface area contributed by atoms with Crippen LogP contribution in [0.5, 0.6) is 5.75 Å². The molecule has 0 saturated heterocycles. The highest BCUT2D eigenvalue weighted by Gasteiger charge is 2.25. The van der Waals surface area contributed by atoms with E-state index in [0.29, 0.717) is 25.5 Å². The van der Waals surface area contributed by atoms with Crippen LogP contribution in [-0.2, 0) is 11.3 Å². The fraction of sp³-hybridized carbons (Fsp3) is 0.611. The van der Waals surface area contributed by atoms with Crippen LogP contribution in [0.15, 0.2) is 24.3 Å². The van der Waals surface area contributed by atoms with Gasteiger partial charge in [0.1, 0.15) is 5.75 Å². The molecule has 4 nitrogen and oxygen atoms in total. The fourth-order valence-corrected chi connectivity index (χ4v) is 3.09. The van der Waals surface area contributed by atoms with Crippen molar-refractivity contribution in [3.63, 3.8) is 0 Å². The Labute approximate surface area is 133 Å². The minimum Gasteiger partial charge on any atom is -0.494 e. The molecule has 0 radical (unpaired) electrons. The summed E-state index contributed by atoms with van der Waals surface area (Å²) in [5.41, 5.74) is 7.26. The molecule has 0 aliphatic heterocycles. The molecule has 2 atom stereocenters. The SMILES string of the molecule is CCOc1ccc(CN(C)C(=O)CC2CCCCC2N)cc1. The lowest BCUT2D eigenvalue weighted by Gasteiger charge is -2.29. The lowest BCUT2D eigenvalue weighted by molar-refractivity contribution is -0.131. The number of rotatable bonds is 6. The van der Waals surface area contributed by atoms with Gasteiger partial charge in [0, 0.05) is 26.1 Å². The van der Waals surface area contributed by atoms with Gasteiger partial charge >= 0.3 is 0 Å².